The number of aromatic nitrogens is 1. The number of rotatable bonds is 8. The molecule has 1 aliphatic carbocycles. The Hall–Kier alpha value is -1.50. The van der Waals surface area contributed by atoms with Crippen molar-refractivity contribution in [2.45, 2.75) is 31.1 Å². The first-order valence-corrected chi connectivity index (χ1v) is 9.48. The van der Waals surface area contributed by atoms with Gasteiger partial charge < -0.3 is 4.74 Å². The van der Waals surface area contributed by atoms with Crippen molar-refractivity contribution in [1.29, 1.82) is 0 Å². The number of hydrogen-bond acceptors (Lipinski definition) is 4. The second kappa shape index (κ2) is 6.95. The van der Waals surface area contributed by atoms with Gasteiger partial charge in [-0.1, -0.05) is 6.07 Å². The van der Waals surface area contributed by atoms with E-state index in [1.165, 1.54) is 12.8 Å². The van der Waals surface area contributed by atoms with Gasteiger partial charge in [-0.3, -0.25) is 4.98 Å². The van der Waals surface area contributed by atoms with Crippen LogP contribution < -0.4 is 4.72 Å². The SMILES string of the molecule is Cc1ccc(S(=O)(=O)NCCCOCC2CC2)c2cccnc12. The second-order valence-electron chi connectivity index (χ2n) is 6.05. The number of pyridine rings is 1. The van der Waals surface area contributed by atoms with Crippen LogP contribution in [0.3, 0.4) is 0 Å². The van der Waals surface area contributed by atoms with E-state index >= 15 is 0 Å². The van der Waals surface area contributed by atoms with Gasteiger partial charge in [0.25, 0.3) is 0 Å². The number of hydrogen-bond donors (Lipinski definition) is 1. The van der Waals surface area contributed by atoms with Crippen LogP contribution in [0.15, 0.2) is 35.4 Å². The highest BCUT2D eigenvalue weighted by Gasteiger charge is 2.21. The minimum Gasteiger partial charge on any atom is -0.381 e. The molecular weight excluding hydrogens is 312 g/mol. The summed E-state index contributed by atoms with van der Waals surface area (Å²) in [6.07, 6.45) is 4.88. The summed E-state index contributed by atoms with van der Waals surface area (Å²) in [6.45, 7) is 3.70. The fourth-order valence-electron chi connectivity index (χ4n) is 2.52. The number of sulfonamides is 1. The standard InChI is InChI=1S/C17H22N2O3S/c1-13-5-8-16(15-4-2-9-18-17(13)15)23(20,21)19-10-3-11-22-12-14-6-7-14/h2,4-5,8-9,14,19H,3,6-7,10-12H2,1H3. The first kappa shape index (κ1) is 16.4. The van der Waals surface area contributed by atoms with Crippen LogP contribution >= 0.6 is 0 Å². The Morgan fingerprint density at radius 1 is 1.30 bits per heavy atom. The first-order valence-electron chi connectivity index (χ1n) is 8.00. The molecule has 0 bridgehead atoms. The molecule has 5 nitrogen and oxygen atoms in total. The molecule has 0 saturated heterocycles. The molecule has 0 aliphatic heterocycles. The van der Waals surface area contributed by atoms with Crippen LogP contribution in [0.1, 0.15) is 24.8 Å². The van der Waals surface area contributed by atoms with Crippen LogP contribution in [0.2, 0.25) is 0 Å². The molecule has 23 heavy (non-hydrogen) atoms. The Labute approximate surface area is 137 Å². The molecule has 0 amide bonds. The third-order valence-corrected chi connectivity index (χ3v) is 5.55. The summed E-state index contributed by atoms with van der Waals surface area (Å²) in [5, 5.41) is 0.657. The lowest BCUT2D eigenvalue weighted by Crippen LogP contribution is -2.26. The molecule has 1 aromatic heterocycles. The van der Waals surface area contributed by atoms with E-state index in [4.69, 9.17) is 4.74 Å². The van der Waals surface area contributed by atoms with Crippen molar-refractivity contribution >= 4 is 20.9 Å². The number of fused-ring (bicyclic) bond motifs is 1. The van der Waals surface area contributed by atoms with Gasteiger partial charge in [0, 0.05) is 31.3 Å². The molecule has 1 heterocycles. The van der Waals surface area contributed by atoms with Gasteiger partial charge in [-0.2, -0.15) is 0 Å². The molecule has 0 unspecified atom stereocenters. The van der Waals surface area contributed by atoms with Gasteiger partial charge in [0.2, 0.25) is 10.0 Å². The zero-order chi connectivity index (χ0) is 16.3. The Kier molecular flexibility index (Phi) is 4.94. The largest absolute Gasteiger partial charge is 0.381 e. The van der Waals surface area contributed by atoms with Crippen molar-refractivity contribution in [2.24, 2.45) is 5.92 Å². The number of benzene rings is 1. The number of nitrogens with zero attached hydrogens (tertiary/aromatic N) is 1. The fraction of sp³-hybridized carbons (Fsp3) is 0.471. The highest BCUT2D eigenvalue weighted by atomic mass is 32.2. The van der Waals surface area contributed by atoms with Crippen LogP contribution in [0.25, 0.3) is 10.9 Å². The maximum absolute atomic E-state index is 12.5. The Balaban J connectivity index is 1.63. The van der Waals surface area contributed by atoms with E-state index in [-0.39, 0.29) is 4.90 Å². The molecule has 1 fully saturated rings. The average Bonchev–Trinajstić information content (AvgIpc) is 3.35. The van der Waals surface area contributed by atoms with Crippen LogP contribution in [-0.4, -0.2) is 33.2 Å². The summed E-state index contributed by atoms with van der Waals surface area (Å²) >= 11 is 0. The molecule has 0 radical (unpaired) electrons. The minimum atomic E-state index is -3.54. The fourth-order valence-corrected chi connectivity index (χ4v) is 3.79. The zero-order valence-electron chi connectivity index (χ0n) is 13.3. The summed E-state index contributed by atoms with van der Waals surface area (Å²) < 4.78 is 33.2. The Morgan fingerprint density at radius 2 is 2.13 bits per heavy atom. The van der Waals surface area contributed by atoms with E-state index in [2.05, 4.69) is 9.71 Å². The lowest BCUT2D eigenvalue weighted by Gasteiger charge is -2.10. The predicted molar refractivity (Wildman–Crippen MR) is 89.8 cm³/mol. The Bertz CT molecular complexity index is 786. The molecule has 1 saturated carbocycles. The lowest BCUT2D eigenvalue weighted by atomic mass is 10.1. The normalized spacial score (nSPS) is 15.2. The van der Waals surface area contributed by atoms with Crippen molar-refractivity contribution in [1.82, 2.24) is 9.71 Å². The van der Waals surface area contributed by atoms with Crippen molar-refractivity contribution in [3.05, 3.63) is 36.0 Å². The van der Waals surface area contributed by atoms with E-state index in [1.807, 2.05) is 6.92 Å². The zero-order valence-corrected chi connectivity index (χ0v) is 14.1. The van der Waals surface area contributed by atoms with Crippen molar-refractivity contribution in [3.8, 4) is 0 Å². The Morgan fingerprint density at radius 3 is 2.91 bits per heavy atom. The van der Waals surface area contributed by atoms with Gasteiger partial charge >= 0.3 is 0 Å². The number of aryl methyl sites for hydroxylation is 1. The third-order valence-electron chi connectivity index (χ3n) is 4.03. The van der Waals surface area contributed by atoms with E-state index in [1.54, 1.807) is 30.5 Å². The second-order valence-corrected chi connectivity index (χ2v) is 7.79. The van der Waals surface area contributed by atoms with Gasteiger partial charge in [-0.25, -0.2) is 13.1 Å². The van der Waals surface area contributed by atoms with Crippen LogP contribution in [0, 0.1) is 12.8 Å². The highest BCUT2D eigenvalue weighted by Crippen LogP contribution is 2.28. The van der Waals surface area contributed by atoms with Crippen LogP contribution in [-0.2, 0) is 14.8 Å². The summed E-state index contributed by atoms with van der Waals surface area (Å²) in [7, 11) is -3.54. The van der Waals surface area contributed by atoms with Gasteiger partial charge in [0.15, 0.2) is 0 Å². The smallest absolute Gasteiger partial charge is 0.241 e. The van der Waals surface area contributed by atoms with Gasteiger partial charge in [0.05, 0.1) is 10.4 Å². The van der Waals surface area contributed by atoms with Gasteiger partial charge in [-0.15, -0.1) is 0 Å². The lowest BCUT2D eigenvalue weighted by molar-refractivity contribution is 0.123. The van der Waals surface area contributed by atoms with E-state index < -0.39 is 10.0 Å². The number of ether oxygens (including phenoxy) is 1. The maximum atomic E-state index is 12.5. The van der Waals surface area contributed by atoms with Crippen LogP contribution in [0.5, 0.6) is 0 Å². The summed E-state index contributed by atoms with van der Waals surface area (Å²) in [5.41, 5.74) is 1.69. The van der Waals surface area contributed by atoms with Gasteiger partial charge in [-0.05, 0) is 55.9 Å². The molecule has 3 rings (SSSR count). The van der Waals surface area contributed by atoms with E-state index in [9.17, 15) is 8.42 Å². The van der Waals surface area contributed by atoms with Crippen molar-refractivity contribution < 1.29 is 13.2 Å². The molecular formula is C17H22N2O3S. The molecule has 124 valence electrons. The topological polar surface area (TPSA) is 68.3 Å². The third kappa shape index (κ3) is 4.07. The summed E-state index contributed by atoms with van der Waals surface area (Å²) in [5.74, 6) is 0.734. The molecule has 0 spiro atoms. The summed E-state index contributed by atoms with van der Waals surface area (Å²) in [6, 6.07) is 6.99. The predicted octanol–water partition coefficient (Wildman–Crippen LogP) is 2.64. The molecule has 0 atom stereocenters. The monoisotopic (exact) mass is 334 g/mol. The minimum absolute atomic E-state index is 0.282. The van der Waals surface area contributed by atoms with Crippen LogP contribution in [0.4, 0.5) is 0 Å². The van der Waals surface area contributed by atoms with Crippen molar-refractivity contribution in [2.75, 3.05) is 19.8 Å². The molecule has 2 aromatic rings. The average molecular weight is 334 g/mol. The summed E-state index contributed by atoms with van der Waals surface area (Å²) in [4.78, 5) is 4.57. The van der Waals surface area contributed by atoms with Gasteiger partial charge in [0.1, 0.15) is 0 Å². The molecule has 1 aliphatic rings. The van der Waals surface area contributed by atoms with Crippen molar-refractivity contribution in [3.63, 3.8) is 0 Å². The quantitative estimate of drug-likeness (QED) is 0.754. The molecule has 6 heteroatoms. The van der Waals surface area contributed by atoms with E-state index in [0.717, 1.165) is 23.6 Å². The molecule has 1 N–H and O–H groups in total. The number of nitrogens with one attached hydrogen (secondary N) is 1. The first-order chi connectivity index (χ1) is 11.1. The highest BCUT2D eigenvalue weighted by molar-refractivity contribution is 7.89. The molecule has 1 aromatic carbocycles. The maximum Gasteiger partial charge on any atom is 0.241 e. The van der Waals surface area contributed by atoms with E-state index in [0.29, 0.717) is 25.0 Å².